The molecule has 132 valence electrons. The molecule has 0 bridgehead atoms. The van der Waals surface area contributed by atoms with Crippen LogP contribution in [0.15, 0.2) is 11.6 Å². The van der Waals surface area contributed by atoms with Gasteiger partial charge in [0, 0.05) is 23.7 Å². The lowest BCUT2D eigenvalue weighted by molar-refractivity contribution is -0.157. The van der Waals surface area contributed by atoms with E-state index < -0.39 is 17.4 Å². The van der Waals surface area contributed by atoms with Crippen molar-refractivity contribution in [3.8, 4) is 0 Å². The lowest BCUT2D eigenvalue weighted by Gasteiger charge is -2.56. The van der Waals surface area contributed by atoms with E-state index in [0.29, 0.717) is 12.3 Å². The Morgan fingerprint density at radius 2 is 2.00 bits per heavy atom. The van der Waals surface area contributed by atoms with Crippen molar-refractivity contribution in [2.45, 2.75) is 59.2 Å². The smallest absolute Gasteiger partial charge is 0.312 e. The summed E-state index contributed by atoms with van der Waals surface area (Å²) >= 11 is 0. The van der Waals surface area contributed by atoms with Gasteiger partial charge in [0.1, 0.15) is 11.9 Å². The first-order valence-corrected chi connectivity index (χ1v) is 9.40. The molecule has 4 nitrogen and oxygen atoms in total. The van der Waals surface area contributed by atoms with Gasteiger partial charge in [0.05, 0.1) is 12.0 Å². The summed E-state index contributed by atoms with van der Waals surface area (Å²) in [6, 6.07) is 0. The first-order chi connectivity index (χ1) is 11.3. The third-order valence-corrected chi connectivity index (χ3v) is 7.45. The first-order valence-electron chi connectivity index (χ1n) is 9.40. The largest absolute Gasteiger partial charge is 0.461 e. The second-order valence-electron chi connectivity index (χ2n) is 8.99. The Balaban J connectivity index is 1.86. The average Bonchev–Trinajstić information content (AvgIpc) is 2.87. The Kier molecular flexibility index (Phi) is 3.51. The molecule has 1 N–H and O–H groups in total. The molecule has 1 aliphatic heterocycles. The highest BCUT2D eigenvalue weighted by atomic mass is 16.6. The van der Waals surface area contributed by atoms with Crippen molar-refractivity contribution < 1.29 is 19.4 Å². The number of fused-ring (bicyclic) bond motifs is 2. The van der Waals surface area contributed by atoms with Crippen LogP contribution in [0.4, 0.5) is 0 Å². The fourth-order valence-corrected chi connectivity index (χ4v) is 6.09. The maximum Gasteiger partial charge on any atom is 0.312 e. The highest BCUT2D eigenvalue weighted by Gasteiger charge is 2.69. The van der Waals surface area contributed by atoms with Crippen LogP contribution >= 0.6 is 0 Å². The third-order valence-electron chi connectivity index (χ3n) is 7.45. The van der Waals surface area contributed by atoms with E-state index in [1.165, 1.54) is 0 Å². The van der Waals surface area contributed by atoms with Gasteiger partial charge in [0.2, 0.25) is 0 Å². The second-order valence-corrected chi connectivity index (χ2v) is 8.99. The number of rotatable bonds is 1. The van der Waals surface area contributed by atoms with Gasteiger partial charge in [0.15, 0.2) is 0 Å². The van der Waals surface area contributed by atoms with E-state index in [4.69, 9.17) is 4.74 Å². The molecule has 4 aliphatic rings. The fraction of sp³-hybridized carbons (Fsp3) is 0.800. The molecule has 0 amide bonds. The number of ketones is 1. The summed E-state index contributed by atoms with van der Waals surface area (Å²) in [6.45, 7) is 8.36. The number of hydrogen-bond acceptors (Lipinski definition) is 4. The minimum atomic E-state index is -0.785. The van der Waals surface area contributed by atoms with E-state index in [1.807, 2.05) is 6.92 Å². The molecule has 24 heavy (non-hydrogen) atoms. The molecule has 1 unspecified atom stereocenters. The van der Waals surface area contributed by atoms with Crippen LogP contribution in [0, 0.1) is 40.9 Å². The standard InChI is InChI=1S/C20H28O4/c1-9(2)11-8-14(21)20(4)13-6-5-10(3)7-12(13)17(22)15-16(20)18(11)24-19(15)23/h7,9-11,13,15-18,22H,5-6,8H2,1-4H3/t10-,11-,13-,15?,16+,17+,18-,20-/m0/s1. The summed E-state index contributed by atoms with van der Waals surface area (Å²) in [5.74, 6) is 0.0245. The number of hydrogen-bond donors (Lipinski definition) is 1. The maximum atomic E-state index is 13.3. The molecule has 0 radical (unpaired) electrons. The molecule has 3 fully saturated rings. The van der Waals surface area contributed by atoms with Crippen LogP contribution in [0.1, 0.15) is 47.0 Å². The fourth-order valence-electron chi connectivity index (χ4n) is 6.09. The molecule has 8 atom stereocenters. The van der Waals surface area contributed by atoms with Gasteiger partial charge in [-0.05, 0) is 36.2 Å². The zero-order chi connectivity index (χ0) is 17.4. The van der Waals surface area contributed by atoms with Crippen LogP contribution < -0.4 is 0 Å². The quantitative estimate of drug-likeness (QED) is 0.592. The Bertz CT molecular complexity index is 621. The molecule has 0 aromatic heterocycles. The van der Waals surface area contributed by atoms with Gasteiger partial charge in [-0.25, -0.2) is 0 Å². The molecule has 0 aromatic rings. The van der Waals surface area contributed by atoms with Crippen molar-refractivity contribution in [1.82, 2.24) is 0 Å². The SMILES string of the molecule is CC(C)[C@@H]1CC(=O)[C@@]2(C)[C@@H]3C(C(=O)O[C@H]31)[C@H](O)C1=C[C@@H](C)CC[C@@H]12. The Morgan fingerprint density at radius 1 is 1.29 bits per heavy atom. The van der Waals surface area contributed by atoms with E-state index >= 15 is 0 Å². The summed E-state index contributed by atoms with van der Waals surface area (Å²) in [4.78, 5) is 25.9. The van der Waals surface area contributed by atoms with Crippen LogP contribution in [0.3, 0.4) is 0 Å². The zero-order valence-electron chi connectivity index (χ0n) is 15.0. The number of aliphatic hydroxyl groups excluding tert-OH is 1. The van der Waals surface area contributed by atoms with Gasteiger partial charge in [-0.3, -0.25) is 9.59 Å². The third kappa shape index (κ3) is 1.89. The van der Waals surface area contributed by atoms with Gasteiger partial charge < -0.3 is 9.84 Å². The predicted molar refractivity (Wildman–Crippen MR) is 88.9 cm³/mol. The van der Waals surface area contributed by atoms with Crippen molar-refractivity contribution in [2.75, 3.05) is 0 Å². The number of carbonyl (C=O) groups is 2. The van der Waals surface area contributed by atoms with Crippen LogP contribution in [-0.4, -0.2) is 29.1 Å². The normalized spacial score (nSPS) is 50.2. The van der Waals surface area contributed by atoms with E-state index in [9.17, 15) is 14.7 Å². The van der Waals surface area contributed by atoms with E-state index in [-0.39, 0.29) is 41.5 Å². The van der Waals surface area contributed by atoms with E-state index in [0.717, 1.165) is 18.4 Å². The van der Waals surface area contributed by atoms with E-state index in [1.54, 1.807) is 0 Å². The van der Waals surface area contributed by atoms with Gasteiger partial charge in [-0.1, -0.05) is 33.8 Å². The summed E-state index contributed by atoms with van der Waals surface area (Å²) in [7, 11) is 0. The Labute approximate surface area is 143 Å². The van der Waals surface area contributed by atoms with Crippen molar-refractivity contribution in [3.05, 3.63) is 11.6 Å². The van der Waals surface area contributed by atoms with Gasteiger partial charge in [-0.15, -0.1) is 0 Å². The number of aliphatic hydroxyl groups is 1. The van der Waals surface area contributed by atoms with E-state index in [2.05, 4.69) is 26.8 Å². The number of ether oxygens (including phenoxy) is 1. The molecule has 4 heteroatoms. The van der Waals surface area contributed by atoms with Gasteiger partial charge >= 0.3 is 5.97 Å². The van der Waals surface area contributed by atoms with Gasteiger partial charge in [-0.2, -0.15) is 0 Å². The molecule has 2 saturated carbocycles. The highest BCUT2D eigenvalue weighted by Crippen LogP contribution is 2.63. The van der Waals surface area contributed by atoms with Crippen molar-refractivity contribution in [2.24, 2.45) is 40.9 Å². The van der Waals surface area contributed by atoms with Crippen LogP contribution in [-0.2, 0) is 14.3 Å². The number of esters is 1. The molecule has 3 aliphatic carbocycles. The summed E-state index contributed by atoms with van der Waals surface area (Å²) in [5, 5.41) is 11.0. The Morgan fingerprint density at radius 3 is 2.67 bits per heavy atom. The second kappa shape index (κ2) is 5.17. The topological polar surface area (TPSA) is 63.6 Å². The summed E-state index contributed by atoms with van der Waals surface area (Å²) in [5.41, 5.74) is 0.351. The van der Waals surface area contributed by atoms with Crippen LogP contribution in [0.2, 0.25) is 0 Å². The summed E-state index contributed by atoms with van der Waals surface area (Å²) < 4.78 is 5.79. The molecule has 0 spiro atoms. The van der Waals surface area contributed by atoms with Crippen molar-refractivity contribution in [3.63, 3.8) is 0 Å². The van der Waals surface area contributed by atoms with Gasteiger partial charge in [0.25, 0.3) is 0 Å². The van der Waals surface area contributed by atoms with Crippen LogP contribution in [0.25, 0.3) is 0 Å². The molecular weight excluding hydrogens is 304 g/mol. The van der Waals surface area contributed by atoms with Crippen molar-refractivity contribution >= 4 is 11.8 Å². The van der Waals surface area contributed by atoms with Crippen LogP contribution in [0.5, 0.6) is 0 Å². The molecule has 0 aromatic carbocycles. The average molecular weight is 332 g/mol. The minimum Gasteiger partial charge on any atom is -0.461 e. The number of Topliss-reactive ketones (excluding diaryl/α,β-unsaturated/α-hetero) is 1. The lowest BCUT2D eigenvalue weighted by Crippen LogP contribution is -2.61. The van der Waals surface area contributed by atoms with Crippen molar-refractivity contribution in [1.29, 1.82) is 0 Å². The summed E-state index contributed by atoms with van der Waals surface area (Å²) in [6.07, 6.45) is 3.55. The molecule has 1 heterocycles. The zero-order valence-corrected chi connectivity index (χ0v) is 15.0. The monoisotopic (exact) mass is 332 g/mol. The number of carbonyl (C=O) groups excluding carboxylic acids is 2. The number of allylic oxidation sites excluding steroid dienone is 1. The minimum absolute atomic E-state index is 0.0579. The molecule has 4 rings (SSSR count). The predicted octanol–water partition coefficient (Wildman–Crippen LogP) is 2.74. The highest BCUT2D eigenvalue weighted by molar-refractivity contribution is 5.90. The Hall–Kier alpha value is -1.16. The molecule has 1 saturated heterocycles. The lowest BCUT2D eigenvalue weighted by atomic mass is 9.46. The first kappa shape index (κ1) is 16.3. The molecular formula is C20H28O4. The maximum absolute atomic E-state index is 13.3.